The average Bonchev–Trinajstić information content (AvgIpc) is 3.68. The number of ether oxygens (including phenoxy) is 2. The minimum atomic E-state index is -4.06. The Hall–Kier alpha value is -6.15. The van der Waals surface area contributed by atoms with Gasteiger partial charge in [-0.05, 0) is 86.7 Å². The maximum atomic E-state index is 15.6. The molecular formula is C44H47F4N9O8S. The molecular weight excluding hydrogens is 891 g/mol. The predicted molar refractivity (Wildman–Crippen MR) is 231 cm³/mol. The summed E-state index contributed by atoms with van der Waals surface area (Å²) in [7, 11) is -2.73. The SMILES string of the molecule is CCN(C)S(=O)(=O)Nc1ccc(F)c(Oc2ccc3ncn([C@H]4COC5(CCN(C(=O)CN6CCC(c7ccc(NC8CCC(=O)NC8=O)cc7F)C(F)(F)C6)CC5)C4)c(=O)c3c2)c1C#N. The third-order valence-corrected chi connectivity index (χ3v) is 14.5. The van der Waals surface area contributed by atoms with E-state index in [9.17, 15) is 32.9 Å². The molecule has 0 saturated carbocycles. The number of amides is 3. The second kappa shape index (κ2) is 18.3. The highest BCUT2D eigenvalue weighted by Crippen LogP contribution is 2.43. The van der Waals surface area contributed by atoms with E-state index in [0.29, 0.717) is 37.9 Å². The van der Waals surface area contributed by atoms with Crippen LogP contribution in [0.25, 0.3) is 10.9 Å². The van der Waals surface area contributed by atoms with E-state index in [1.807, 2.05) is 0 Å². The second-order valence-electron chi connectivity index (χ2n) is 17.1. The molecule has 22 heteroatoms. The van der Waals surface area contributed by atoms with E-state index < -0.39 is 86.6 Å². The van der Waals surface area contributed by atoms with Crippen LogP contribution in [0, 0.1) is 23.0 Å². The number of nitriles is 1. The minimum Gasteiger partial charge on any atom is -0.453 e. The third kappa shape index (κ3) is 9.42. The lowest BCUT2D eigenvalue weighted by Crippen LogP contribution is -2.53. The highest BCUT2D eigenvalue weighted by atomic mass is 32.2. The molecule has 3 amide bonds. The molecule has 1 spiro atoms. The first-order valence-electron chi connectivity index (χ1n) is 21.5. The molecule has 8 rings (SSSR count). The van der Waals surface area contributed by atoms with Gasteiger partial charge in [-0.3, -0.25) is 38.7 Å². The van der Waals surface area contributed by atoms with Crippen LogP contribution in [0.5, 0.6) is 11.5 Å². The molecule has 4 aliphatic rings. The number of hydrogen-bond donors (Lipinski definition) is 3. The molecule has 3 N–H and O–H groups in total. The molecule has 4 fully saturated rings. The predicted octanol–water partition coefficient (Wildman–Crippen LogP) is 4.61. The molecule has 2 unspecified atom stereocenters. The molecule has 17 nitrogen and oxygen atoms in total. The van der Waals surface area contributed by atoms with E-state index in [4.69, 9.17) is 9.47 Å². The Kier molecular flexibility index (Phi) is 12.8. The molecule has 0 aliphatic carbocycles. The van der Waals surface area contributed by atoms with Crippen LogP contribution in [0.4, 0.5) is 28.9 Å². The van der Waals surface area contributed by atoms with Crippen LogP contribution >= 0.6 is 0 Å². The molecule has 5 heterocycles. The number of fused-ring (bicyclic) bond motifs is 1. The number of carbonyl (C=O) groups excluding carboxylic acids is 3. The van der Waals surface area contributed by atoms with Crippen molar-refractivity contribution in [2.75, 3.05) is 63.0 Å². The van der Waals surface area contributed by atoms with Gasteiger partial charge in [-0.25, -0.2) is 22.5 Å². The molecule has 3 aromatic carbocycles. The van der Waals surface area contributed by atoms with E-state index in [0.717, 1.165) is 22.5 Å². The van der Waals surface area contributed by atoms with Gasteiger partial charge >= 0.3 is 10.2 Å². The van der Waals surface area contributed by atoms with Crippen LogP contribution in [0.1, 0.15) is 68.5 Å². The smallest absolute Gasteiger partial charge is 0.301 e. The standard InChI is InChI=1S/C44H47F4N9O8S/c1-3-54(2)66(62,63)53-36-9-7-33(45)40(31(36)21-49)65-28-5-8-35-30(19-28)42(61)57(25-50-35)27-20-43(64-23-27)13-16-56(17-14-43)39(59)22-55-15-12-32(44(47,48)24-55)29-6-4-26(18-34(29)46)51-37-10-11-38(58)52-41(37)60/h4-9,18-19,25,27,32,37,51,53H,3,10-17,20,22-24H2,1-2H3,(H,52,58,60)/t27-,32?,37?/m1/s1. The molecule has 4 aliphatic heterocycles. The quantitative estimate of drug-likeness (QED) is 0.132. The highest BCUT2D eigenvalue weighted by Gasteiger charge is 2.48. The number of nitrogens with zero attached hydrogens (tertiary/aromatic N) is 6. The summed E-state index contributed by atoms with van der Waals surface area (Å²) >= 11 is 0. The first-order valence-corrected chi connectivity index (χ1v) is 22.9. The summed E-state index contributed by atoms with van der Waals surface area (Å²) in [4.78, 5) is 58.4. The van der Waals surface area contributed by atoms with Gasteiger partial charge in [0.15, 0.2) is 11.6 Å². The van der Waals surface area contributed by atoms with Gasteiger partial charge in [0.2, 0.25) is 17.7 Å². The molecule has 66 heavy (non-hydrogen) atoms. The fraction of sp³-hybridized carbons (Fsp3) is 0.455. The Balaban J connectivity index is 0.867. The molecule has 3 atom stereocenters. The first kappa shape index (κ1) is 46.4. The molecule has 1 aromatic heterocycles. The lowest BCUT2D eigenvalue weighted by atomic mass is 9.85. The van der Waals surface area contributed by atoms with Gasteiger partial charge in [0, 0.05) is 38.8 Å². The summed E-state index contributed by atoms with van der Waals surface area (Å²) in [6.07, 6.45) is 2.96. The number of likely N-dealkylation sites (tertiary alicyclic amines) is 2. The number of rotatable bonds is 12. The second-order valence-corrected chi connectivity index (χ2v) is 18.9. The van der Waals surface area contributed by atoms with Crippen LogP contribution in [0.15, 0.2) is 59.7 Å². The van der Waals surface area contributed by atoms with Crippen molar-refractivity contribution < 1.29 is 49.8 Å². The molecule has 350 valence electrons. The summed E-state index contributed by atoms with van der Waals surface area (Å²) in [6.45, 7) is 1.68. The Morgan fingerprint density at radius 2 is 1.83 bits per heavy atom. The molecule has 4 saturated heterocycles. The van der Waals surface area contributed by atoms with Gasteiger partial charge in [0.1, 0.15) is 29.2 Å². The zero-order chi connectivity index (χ0) is 47.1. The zero-order valence-electron chi connectivity index (χ0n) is 36.0. The van der Waals surface area contributed by atoms with Crippen molar-refractivity contribution in [1.29, 1.82) is 5.26 Å². The summed E-state index contributed by atoms with van der Waals surface area (Å²) in [5.74, 6) is -8.37. The zero-order valence-corrected chi connectivity index (χ0v) is 36.8. The average molecular weight is 938 g/mol. The molecule has 4 aromatic rings. The van der Waals surface area contributed by atoms with Gasteiger partial charge < -0.3 is 19.7 Å². The summed E-state index contributed by atoms with van der Waals surface area (Å²) in [5, 5.41) is 15.1. The van der Waals surface area contributed by atoms with E-state index >= 15 is 17.6 Å². The fourth-order valence-electron chi connectivity index (χ4n) is 9.06. The summed E-state index contributed by atoms with van der Waals surface area (Å²) < 4.78 is 104. The molecule has 0 bridgehead atoms. The van der Waals surface area contributed by atoms with Gasteiger partial charge in [0.25, 0.3) is 11.5 Å². The van der Waals surface area contributed by atoms with Crippen LogP contribution in [-0.4, -0.2) is 120 Å². The van der Waals surface area contributed by atoms with E-state index in [-0.39, 0.29) is 79.5 Å². The van der Waals surface area contributed by atoms with Crippen molar-refractivity contribution in [3.8, 4) is 17.6 Å². The lowest BCUT2D eigenvalue weighted by Gasteiger charge is -2.41. The number of piperidine rings is 3. The maximum absolute atomic E-state index is 15.6. The largest absolute Gasteiger partial charge is 0.453 e. The third-order valence-electron chi connectivity index (χ3n) is 12.9. The van der Waals surface area contributed by atoms with Crippen molar-refractivity contribution in [2.24, 2.45) is 0 Å². The number of aromatic nitrogens is 2. The van der Waals surface area contributed by atoms with Crippen molar-refractivity contribution in [3.63, 3.8) is 0 Å². The normalized spacial score (nSPS) is 22.0. The Bertz CT molecular complexity index is 2800. The monoisotopic (exact) mass is 937 g/mol. The van der Waals surface area contributed by atoms with Crippen molar-refractivity contribution in [1.82, 2.24) is 29.0 Å². The Morgan fingerprint density at radius 3 is 2.53 bits per heavy atom. The van der Waals surface area contributed by atoms with E-state index in [1.165, 1.54) is 53.2 Å². The number of imide groups is 1. The minimum absolute atomic E-state index is 0.00808. The number of hydrogen-bond acceptors (Lipinski definition) is 12. The summed E-state index contributed by atoms with van der Waals surface area (Å²) in [6, 6.07) is 10.8. The number of anilines is 2. The van der Waals surface area contributed by atoms with Crippen LogP contribution in [-0.2, 0) is 29.3 Å². The lowest BCUT2D eigenvalue weighted by molar-refractivity contribution is -0.141. The van der Waals surface area contributed by atoms with Gasteiger partial charge in [-0.2, -0.15) is 18.0 Å². The van der Waals surface area contributed by atoms with Gasteiger partial charge in [-0.1, -0.05) is 13.0 Å². The summed E-state index contributed by atoms with van der Waals surface area (Å²) in [5.41, 5.74) is -1.32. The van der Waals surface area contributed by atoms with Crippen molar-refractivity contribution >= 4 is 50.2 Å². The highest BCUT2D eigenvalue weighted by molar-refractivity contribution is 7.90. The Morgan fingerprint density at radius 1 is 1.06 bits per heavy atom. The van der Waals surface area contributed by atoms with Crippen molar-refractivity contribution in [3.05, 3.63) is 88.0 Å². The number of nitrogens with one attached hydrogen (secondary N) is 3. The Labute approximate surface area is 376 Å². The topological polar surface area (TPSA) is 208 Å². The van der Waals surface area contributed by atoms with Crippen molar-refractivity contribution in [2.45, 2.75) is 75.0 Å². The number of halogens is 4. The molecule has 0 radical (unpaired) electrons. The number of carbonyl (C=O) groups is 3. The van der Waals surface area contributed by atoms with Gasteiger partial charge in [0.05, 0.1) is 60.2 Å². The number of benzene rings is 3. The fourth-order valence-corrected chi connectivity index (χ4v) is 10.0. The maximum Gasteiger partial charge on any atom is 0.301 e. The van der Waals surface area contributed by atoms with Crippen LogP contribution < -0.4 is 25.7 Å². The van der Waals surface area contributed by atoms with E-state index in [1.54, 1.807) is 17.9 Å². The first-order chi connectivity index (χ1) is 31.4. The van der Waals surface area contributed by atoms with Crippen LogP contribution in [0.2, 0.25) is 0 Å². The van der Waals surface area contributed by atoms with Gasteiger partial charge in [-0.15, -0.1) is 0 Å². The van der Waals surface area contributed by atoms with E-state index in [2.05, 4.69) is 20.3 Å². The van der Waals surface area contributed by atoms with Crippen LogP contribution in [0.3, 0.4) is 0 Å². The number of alkyl halides is 2.